The molecule has 1 heterocycles. The van der Waals surface area contributed by atoms with Gasteiger partial charge in [-0.2, -0.15) is 0 Å². The number of carbonyl (C=O) groups is 1. The van der Waals surface area contributed by atoms with Crippen molar-refractivity contribution in [2.45, 2.75) is 19.6 Å². The number of nitrogens with one attached hydrogen (secondary N) is 2. The monoisotopic (exact) mass is 368 g/mol. The van der Waals surface area contributed by atoms with Crippen LogP contribution in [-0.4, -0.2) is 37.7 Å². The number of amides is 1. The number of fused-ring (bicyclic) bond motifs is 1. The molecule has 1 amide bonds. The smallest absolute Gasteiger partial charge is 0.248 e. The molecule has 2 aromatic carbocycles. The third-order valence-electron chi connectivity index (χ3n) is 4.07. The molecule has 0 bridgehead atoms. The van der Waals surface area contributed by atoms with E-state index in [4.69, 9.17) is 15.2 Å². The minimum absolute atomic E-state index is 0.0985. The summed E-state index contributed by atoms with van der Waals surface area (Å²) in [5.74, 6) is 1.79. The normalized spacial score (nSPS) is 15.9. The molecule has 0 radical (unpaired) electrons. The van der Waals surface area contributed by atoms with E-state index in [1.165, 1.54) is 0 Å². The van der Waals surface area contributed by atoms with Gasteiger partial charge in [-0.15, -0.1) is 0 Å². The molecule has 3 rings (SSSR count). The second-order valence-electron chi connectivity index (χ2n) is 6.13. The number of primary amides is 1. The molecule has 0 aliphatic carbocycles. The molecule has 0 spiro atoms. The topological polar surface area (TPSA) is 98.0 Å². The molecular formula is C20H24N4O3. The molecule has 1 atom stereocenters. The first kappa shape index (κ1) is 18.6. The molecule has 0 aromatic heterocycles. The number of nitrogens with two attached hydrogens (primary N) is 1. The molecular weight excluding hydrogens is 344 g/mol. The van der Waals surface area contributed by atoms with Crippen LogP contribution in [0.3, 0.4) is 0 Å². The fourth-order valence-electron chi connectivity index (χ4n) is 2.66. The number of ether oxygens (including phenoxy) is 2. The zero-order chi connectivity index (χ0) is 19.1. The van der Waals surface area contributed by atoms with E-state index < -0.39 is 5.91 Å². The summed E-state index contributed by atoms with van der Waals surface area (Å²) in [5.41, 5.74) is 6.73. The van der Waals surface area contributed by atoms with Crippen LogP contribution in [0, 0.1) is 0 Å². The Bertz CT molecular complexity index is 805. The van der Waals surface area contributed by atoms with E-state index in [9.17, 15) is 4.79 Å². The Kier molecular flexibility index (Phi) is 6.14. The van der Waals surface area contributed by atoms with Gasteiger partial charge < -0.3 is 25.8 Å². The molecule has 7 heteroatoms. The Morgan fingerprint density at radius 1 is 1.15 bits per heavy atom. The van der Waals surface area contributed by atoms with E-state index in [1.807, 2.05) is 43.3 Å². The fraction of sp³-hybridized carbons (Fsp3) is 0.300. The van der Waals surface area contributed by atoms with E-state index in [0.717, 1.165) is 23.6 Å². The van der Waals surface area contributed by atoms with Crippen molar-refractivity contribution >= 4 is 11.9 Å². The maximum absolute atomic E-state index is 11.1. The summed E-state index contributed by atoms with van der Waals surface area (Å²) in [7, 11) is 0. The van der Waals surface area contributed by atoms with Crippen molar-refractivity contribution in [3.8, 4) is 11.5 Å². The summed E-state index contributed by atoms with van der Waals surface area (Å²) >= 11 is 0. The van der Waals surface area contributed by atoms with E-state index in [-0.39, 0.29) is 6.10 Å². The van der Waals surface area contributed by atoms with E-state index in [1.54, 1.807) is 12.1 Å². The third-order valence-corrected chi connectivity index (χ3v) is 4.07. The number of benzene rings is 2. The molecule has 7 nitrogen and oxygen atoms in total. The lowest BCUT2D eigenvalue weighted by Gasteiger charge is -2.27. The zero-order valence-corrected chi connectivity index (χ0v) is 15.3. The number of carbonyl (C=O) groups excluding carboxylic acids is 1. The standard InChI is InChI=1S/C20H24N4O3/c1-2-22-20(23-11-14-7-9-15(10-8-14)19(21)25)24-12-16-13-26-17-5-3-4-6-18(17)27-16/h3-10,16H,2,11-13H2,1H3,(H2,21,25)(H2,22,23,24). The molecule has 27 heavy (non-hydrogen) atoms. The van der Waals surface area contributed by atoms with E-state index >= 15 is 0 Å². The minimum atomic E-state index is -0.434. The first-order valence-corrected chi connectivity index (χ1v) is 8.95. The van der Waals surface area contributed by atoms with Gasteiger partial charge in [-0.1, -0.05) is 24.3 Å². The average Bonchev–Trinajstić information content (AvgIpc) is 2.70. The number of aliphatic imine (C=N–C) groups is 1. The van der Waals surface area contributed by atoms with Gasteiger partial charge in [0.25, 0.3) is 0 Å². The Balaban J connectivity index is 1.55. The number of hydrogen-bond acceptors (Lipinski definition) is 4. The SMILES string of the molecule is CCNC(=NCc1ccc(C(N)=O)cc1)NCC1COc2ccccc2O1. The van der Waals surface area contributed by atoms with Crippen molar-refractivity contribution in [2.75, 3.05) is 19.7 Å². The van der Waals surface area contributed by atoms with Crippen LogP contribution in [0.2, 0.25) is 0 Å². The van der Waals surface area contributed by atoms with Gasteiger partial charge in [0.1, 0.15) is 12.7 Å². The van der Waals surface area contributed by atoms with Gasteiger partial charge in [0.2, 0.25) is 5.91 Å². The number of rotatable bonds is 6. The van der Waals surface area contributed by atoms with Crippen molar-refractivity contribution < 1.29 is 14.3 Å². The highest BCUT2D eigenvalue weighted by molar-refractivity contribution is 5.92. The highest BCUT2D eigenvalue weighted by atomic mass is 16.6. The maximum atomic E-state index is 11.1. The summed E-state index contributed by atoms with van der Waals surface area (Å²) in [6.45, 7) is 4.30. The molecule has 4 N–H and O–H groups in total. The van der Waals surface area contributed by atoms with Crippen molar-refractivity contribution in [1.82, 2.24) is 10.6 Å². The molecule has 142 valence electrons. The lowest BCUT2D eigenvalue weighted by molar-refractivity contribution is 0.0936. The maximum Gasteiger partial charge on any atom is 0.248 e. The molecule has 0 saturated carbocycles. The van der Waals surface area contributed by atoms with E-state index in [0.29, 0.717) is 31.2 Å². The van der Waals surface area contributed by atoms with E-state index in [2.05, 4.69) is 15.6 Å². The predicted octanol–water partition coefficient (Wildman–Crippen LogP) is 1.68. The van der Waals surface area contributed by atoms with Crippen LogP contribution >= 0.6 is 0 Å². The molecule has 1 aliphatic heterocycles. The fourth-order valence-corrected chi connectivity index (χ4v) is 2.66. The van der Waals surface area contributed by atoms with Gasteiger partial charge in [0, 0.05) is 12.1 Å². The summed E-state index contributed by atoms with van der Waals surface area (Å²) in [6.07, 6.45) is -0.0985. The van der Waals surface area contributed by atoms with Gasteiger partial charge in [-0.05, 0) is 36.8 Å². The van der Waals surface area contributed by atoms with Gasteiger partial charge in [-0.3, -0.25) is 4.79 Å². The summed E-state index contributed by atoms with van der Waals surface area (Å²) in [6, 6.07) is 14.8. The Morgan fingerprint density at radius 3 is 2.59 bits per heavy atom. The first-order valence-electron chi connectivity index (χ1n) is 8.95. The number of hydrogen-bond donors (Lipinski definition) is 3. The van der Waals surface area contributed by atoms with Crippen LogP contribution in [0.25, 0.3) is 0 Å². The highest BCUT2D eigenvalue weighted by Gasteiger charge is 2.20. The molecule has 1 aliphatic rings. The van der Waals surface area contributed by atoms with Crippen molar-refractivity contribution in [2.24, 2.45) is 10.7 Å². The minimum Gasteiger partial charge on any atom is -0.486 e. The summed E-state index contributed by atoms with van der Waals surface area (Å²) in [5, 5.41) is 6.49. The van der Waals surface area contributed by atoms with Crippen LogP contribution < -0.4 is 25.8 Å². The van der Waals surface area contributed by atoms with Crippen LogP contribution in [-0.2, 0) is 6.54 Å². The van der Waals surface area contributed by atoms with Crippen LogP contribution in [0.15, 0.2) is 53.5 Å². The molecule has 1 unspecified atom stereocenters. The van der Waals surface area contributed by atoms with Crippen molar-refractivity contribution in [3.05, 3.63) is 59.7 Å². The van der Waals surface area contributed by atoms with Gasteiger partial charge in [0.05, 0.1) is 13.1 Å². The zero-order valence-electron chi connectivity index (χ0n) is 15.3. The number of guanidine groups is 1. The Hall–Kier alpha value is -3.22. The summed E-state index contributed by atoms with van der Waals surface area (Å²) in [4.78, 5) is 15.7. The highest BCUT2D eigenvalue weighted by Crippen LogP contribution is 2.30. The molecule has 2 aromatic rings. The van der Waals surface area contributed by atoms with Crippen LogP contribution in [0.4, 0.5) is 0 Å². The first-order chi connectivity index (χ1) is 13.2. The van der Waals surface area contributed by atoms with Gasteiger partial charge in [0.15, 0.2) is 17.5 Å². The Labute approximate surface area is 158 Å². The molecule has 0 fully saturated rings. The number of para-hydroxylation sites is 2. The second kappa shape index (κ2) is 8.93. The van der Waals surface area contributed by atoms with Gasteiger partial charge >= 0.3 is 0 Å². The van der Waals surface area contributed by atoms with Crippen LogP contribution in [0.5, 0.6) is 11.5 Å². The lowest BCUT2D eigenvalue weighted by Crippen LogP contribution is -2.45. The molecule has 0 saturated heterocycles. The van der Waals surface area contributed by atoms with Gasteiger partial charge in [-0.25, -0.2) is 4.99 Å². The average molecular weight is 368 g/mol. The quantitative estimate of drug-likeness (QED) is 0.532. The number of nitrogens with zero attached hydrogens (tertiary/aromatic N) is 1. The van der Waals surface area contributed by atoms with Crippen molar-refractivity contribution in [1.29, 1.82) is 0 Å². The second-order valence-corrected chi connectivity index (χ2v) is 6.13. The predicted molar refractivity (Wildman–Crippen MR) is 104 cm³/mol. The third kappa shape index (κ3) is 5.13. The Morgan fingerprint density at radius 2 is 1.89 bits per heavy atom. The largest absolute Gasteiger partial charge is 0.486 e. The van der Waals surface area contributed by atoms with Crippen LogP contribution in [0.1, 0.15) is 22.8 Å². The van der Waals surface area contributed by atoms with Crippen molar-refractivity contribution in [3.63, 3.8) is 0 Å². The lowest BCUT2D eigenvalue weighted by atomic mass is 10.1. The summed E-state index contributed by atoms with van der Waals surface area (Å²) < 4.78 is 11.7.